The van der Waals surface area contributed by atoms with Gasteiger partial charge in [0.15, 0.2) is 11.5 Å². The average Bonchev–Trinajstić information content (AvgIpc) is 3.09. The molecule has 0 N–H and O–H groups in total. The summed E-state index contributed by atoms with van der Waals surface area (Å²) in [5, 5.41) is 3.97. The van der Waals surface area contributed by atoms with Gasteiger partial charge in [0.1, 0.15) is 12.0 Å². The largest absolute Gasteiger partial charge is 0.493 e. The van der Waals surface area contributed by atoms with Crippen LogP contribution in [0.25, 0.3) is 0 Å². The lowest BCUT2D eigenvalue weighted by molar-refractivity contribution is 0.118. The van der Waals surface area contributed by atoms with Gasteiger partial charge in [-0.05, 0) is 0 Å². The van der Waals surface area contributed by atoms with E-state index in [1.807, 2.05) is 12.1 Å². The highest BCUT2D eigenvalue weighted by Crippen LogP contribution is 2.29. The van der Waals surface area contributed by atoms with Crippen molar-refractivity contribution in [2.75, 3.05) is 40.4 Å². The van der Waals surface area contributed by atoms with Gasteiger partial charge in [-0.3, -0.25) is 14.8 Å². The van der Waals surface area contributed by atoms with Gasteiger partial charge in [0, 0.05) is 57.6 Å². The Morgan fingerprint density at radius 3 is 2.39 bits per heavy atom. The molecule has 7 heteroatoms. The Morgan fingerprint density at radius 2 is 1.78 bits per heavy atom. The molecule has 0 saturated carbocycles. The lowest BCUT2D eigenvalue weighted by atomic mass is 10.2. The highest BCUT2D eigenvalue weighted by molar-refractivity contribution is 5.42. The van der Waals surface area contributed by atoms with Crippen LogP contribution < -0.4 is 9.47 Å². The number of hydrogen-bond donors (Lipinski definition) is 0. The van der Waals surface area contributed by atoms with Crippen molar-refractivity contribution in [3.63, 3.8) is 0 Å². The van der Waals surface area contributed by atoms with Crippen molar-refractivity contribution in [1.82, 2.24) is 19.9 Å². The average molecular weight is 318 g/mol. The van der Waals surface area contributed by atoms with Gasteiger partial charge in [-0.1, -0.05) is 5.16 Å². The molecule has 0 radical (unpaired) electrons. The van der Waals surface area contributed by atoms with Crippen molar-refractivity contribution in [3.05, 3.63) is 36.0 Å². The third kappa shape index (κ3) is 3.80. The molecule has 3 rings (SSSR count). The van der Waals surface area contributed by atoms with E-state index in [1.54, 1.807) is 26.7 Å². The van der Waals surface area contributed by atoms with Gasteiger partial charge < -0.3 is 14.0 Å². The number of ether oxygens (including phenoxy) is 2. The summed E-state index contributed by atoms with van der Waals surface area (Å²) < 4.78 is 15.7. The van der Waals surface area contributed by atoms with Crippen molar-refractivity contribution in [2.24, 2.45) is 0 Å². The van der Waals surface area contributed by atoms with Crippen molar-refractivity contribution >= 4 is 0 Å². The van der Waals surface area contributed by atoms with Gasteiger partial charge >= 0.3 is 0 Å². The number of aromatic nitrogens is 2. The highest BCUT2D eigenvalue weighted by atomic mass is 16.5. The first-order chi connectivity index (χ1) is 11.3. The molecule has 0 atom stereocenters. The van der Waals surface area contributed by atoms with Crippen LogP contribution in [0, 0.1) is 0 Å². The minimum Gasteiger partial charge on any atom is -0.493 e. The molecule has 2 aromatic rings. The molecule has 2 aromatic heterocycles. The Hall–Kier alpha value is -2.12. The van der Waals surface area contributed by atoms with Crippen LogP contribution in [0.15, 0.2) is 29.1 Å². The standard InChI is InChI=1S/C16H22N4O3/c1-21-15-3-5-17-14(16(15)22-2)12-20-8-6-19(7-9-20)11-13-4-10-23-18-13/h3-5,10H,6-9,11-12H2,1-2H3. The minimum absolute atomic E-state index is 0.722. The number of nitrogens with zero attached hydrogens (tertiary/aromatic N) is 4. The SMILES string of the molecule is COc1ccnc(CN2CCN(Cc3ccon3)CC2)c1OC. The first-order valence-electron chi connectivity index (χ1n) is 7.70. The molecule has 1 aliphatic rings. The molecule has 1 aliphatic heterocycles. The summed E-state index contributed by atoms with van der Waals surface area (Å²) in [5.41, 5.74) is 1.89. The first-order valence-corrected chi connectivity index (χ1v) is 7.70. The van der Waals surface area contributed by atoms with Crippen LogP contribution in [0.4, 0.5) is 0 Å². The summed E-state index contributed by atoms with van der Waals surface area (Å²) in [5.74, 6) is 1.45. The second-order valence-electron chi connectivity index (χ2n) is 5.54. The molecular formula is C16H22N4O3. The summed E-state index contributed by atoms with van der Waals surface area (Å²) >= 11 is 0. The topological polar surface area (TPSA) is 63.9 Å². The smallest absolute Gasteiger partial charge is 0.183 e. The summed E-state index contributed by atoms with van der Waals surface area (Å²) in [4.78, 5) is 9.21. The summed E-state index contributed by atoms with van der Waals surface area (Å²) in [6.45, 7) is 5.57. The van der Waals surface area contributed by atoms with E-state index in [0.717, 1.165) is 62.2 Å². The maximum atomic E-state index is 5.46. The zero-order chi connectivity index (χ0) is 16.1. The maximum absolute atomic E-state index is 5.46. The second-order valence-corrected chi connectivity index (χ2v) is 5.54. The third-order valence-corrected chi connectivity index (χ3v) is 4.08. The Morgan fingerprint density at radius 1 is 1.04 bits per heavy atom. The highest BCUT2D eigenvalue weighted by Gasteiger charge is 2.20. The van der Waals surface area contributed by atoms with Crippen molar-refractivity contribution in [1.29, 1.82) is 0 Å². The maximum Gasteiger partial charge on any atom is 0.183 e. The normalized spacial score (nSPS) is 16.4. The number of piperazine rings is 1. The van der Waals surface area contributed by atoms with Crippen LogP contribution in [0.1, 0.15) is 11.4 Å². The fraction of sp³-hybridized carbons (Fsp3) is 0.500. The molecule has 23 heavy (non-hydrogen) atoms. The van der Waals surface area contributed by atoms with Gasteiger partial charge in [-0.2, -0.15) is 0 Å². The van der Waals surface area contributed by atoms with Crippen LogP contribution in [-0.4, -0.2) is 60.3 Å². The van der Waals surface area contributed by atoms with E-state index < -0.39 is 0 Å². The van der Waals surface area contributed by atoms with Crippen LogP contribution in [0.3, 0.4) is 0 Å². The Labute approximate surface area is 135 Å². The van der Waals surface area contributed by atoms with E-state index in [2.05, 4.69) is 19.9 Å². The molecule has 0 spiro atoms. The van der Waals surface area contributed by atoms with Gasteiger partial charge in [0.25, 0.3) is 0 Å². The first kappa shape index (κ1) is 15.8. The Kier molecular flexibility index (Phi) is 5.09. The monoisotopic (exact) mass is 318 g/mol. The fourth-order valence-electron chi connectivity index (χ4n) is 2.83. The van der Waals surface area contributed by atoms with Gasteiger partial charge in [0.2, 0.25) is 0 Å². The summed E-state index contributed by atoms with van der Waals surface area (Å²) in [6, 6.07) is 3.73. The van der Waals surface area contributed by atoms with E-state index in [1.165, 1.54) is 0 Å². The van der Waals surface area contributed by atoms with Gasteiger partial charge in [0.05, 0.1) is 19.9 Å². The molecule has 0 unspecified atom stereocenters. The lowest BCUT2D eigenvalue weighted by Crippen LogP contribution is -2.45. The predicted molar refractivity (Wildman–Crippen MR) is 84.4 cm³/mol. The molecule has 0 aromatic carbocycles. The molecule has 0 bridgehead atoms. The predicted octanol–water partition coefficient (Wildman–Crippen LogP) is 1.40. The second kappa shape index (κ2) is 7.43. The molecule has 1 fully saturated rings. The molecule has 1 saturated heterocycles. The third-order valence-electron chi connectivity index (χ3n) is 4.08. The van der Waals surface area contributed by atoms with E-state index in [0.29, 0.717) is 0 Å². The minimum atomic E-state index is 0.722. The fourth-order valence-corrected chi connectivity index (χ4v) is 2.83. The molecular weight excluding hydrogens is 296 g/mol. The van der Waals surface area contributed by atoms with Crippen LogP contribution in [0.5, 0.6) is 11.5 Å². The Bertz CT molecular complexity index is 610. The number of rotatable bonds is 6. The molecule has 7 nitrogen and oxygen atoms in total. The van der Waals surface area contributed by atoms with E-state index in [-0.39, 0.29) is 0 Å². The quantitative estimate of drug-likeness (QED) is 0.798. The van der Waals surface area contributed by atoms with E-state index >= 15 is 0 Å². The summed E-state index contributed by atoms with van der Waals surface area (Å²) in [7, 11) is 3.29. The van der Waals surface area contributed by atoms with Crippen LogP contribution in [-0.2, 0) is 13.1 Å². The molecule has 0 aliphatic carbocycles. The summed E-state index contributed by atoms with van der Waals surface area (Å²) in [6.07, 6.45) is 3.38. The van der Waals surface area contributed by atoms with Gasteiger partial charge in [-0.15, -0.1) is 0 Å². The Balaban J connectivity index is 1.56. The molecule has 124 valence electrons. The zero-order valence-electron chi connectivity index (χ0n) is 13.6. The lowest BCUT2D eigenvalue weighted by Gasteiger charge is -2.34. The van der Waals surface area contributed by atoms with Crippen LogP contribution >= 0.6 is 0 Å². The zero-order valence-corrected chi connectivity index (χ0v) is 13.6. The number of pyridine rings is 1. The number of methoxy groups -OCH3 is 2. The van der Waals surface area contributed by atoms with Gasteiger partial charge in [-0.25, -0.2) is 0 Å². The van der Waals surface area contributed by atoms with E-state index in [4.69, 9.17) is 14.0 Å². The van der Waals surface area contributed by atoms with Crippen LogP contribution in [0.2, 0.25) is 0 Å². The van der Waals surface area contributed by atoms with E-state index in [9.17, 15) is 0 Å². The van der Waals surface area contributed by atoms with Crippen molar-refractivity contribution in [3.8, 4) is 11.5 Å². The number of hydrogen-bond acceptors (Lipinski definition) is 7. The molecule has 3 heterocycles. The van der Waals surface area contributed by atoms with Crippen molar-refractivity contribution < 1.29 is 14.0 Å². The van der Waals surface area contributed by atoms with Crippen molar-refractivity contribution in [2.45, 2.75) is 13.1 Å². The molecule has 0 amide bonds.